The van der Waals surface area contributed by atoms with Crippen molar-refractivity contribution in [2.24, 2.45) is 7.05 Å². The fraction of sp³-hybridized carbons (Fsp3) is 0.231. The van der Waals surface area contributed by atoms with Gasteiger partial charge >= 0.3 is 0 Å². The molecule has 1 aliphatic heterocycles. The van der Waals surface area contributed by atoms with Crippen LogP contribution < -0.4 is 0 Å². The summed E-state index contributed by atoms with van der Waals surface area (Å²) < 4.78 is 16.0. The number of hydrogen-bond donors (Lipinski definition) is 0. The summed E-state index contributed by atoms with van der Waals surface area (Å²) in [7, 11) is 1.85. The minimum absolute atomic E-state index is 0.0873. The molecule has 1 amide bonds. The molecule has 4 heterocycles. The normalized spacial score (nSPS) is 16.1. The Balaban J connectivity index is 1.36. The van der Waals surface area contributed by atoms with Gasteiger partial charge in [-0.05, 0) is 49.2 Å². The Morgan fingerprint density at radius 1 is 1.00 bits per heavy atom. The van der Waals surface area contributed by atoms with Crippen molar-refractivity contribution in [2.75, 3.05) is 13.1 Å². The van der Waals surface area contributed by atoms with E-state index in [9.17, 15) is 9.18 Å². The molecule has 33 heavy (non-hydrogen) atoms. The molecule has 3 aromatic heterocycles. The van der Waals surface area contributed by atoms with E-state index in [0.29, 0.717) is 30.0 Å². The second-order valence-corrected chi connectivity index (χ2v) is 8.33. The third kappa shape index (κ3) is 4.39. The van der Waals surface area contributed by atoms with Crippen molar-refractivity contribution < 1.29 is 9.18 Å². The van der Waals surface area contributed by atoms with Crippen LogP contribution in [0.3, 0.4) is 0 Å². The lowest BCUT2D eigenvalue weighted by Crippen LogP contribution is -2.39. The second-order valence-electron chi connectivity index (χ2n) is 8.33. The lowest BCUT2D eigenvalue weighted by atomic mass is 9.93. The number of rotatable bonds is 4. The molecule has 1 atom stereocenters. The highest BCUT2D eigenvalue weighted by Crippen LogP contribution is 2.29. The Hall–Kier alpha value is -3.87. The van der Waals surface area contributed by atoms with E-state index in [1.54, 1.807) is 35.1 Å². The highest BCUT2D eigenvalue weighted by atomic mass is 19.1. The molecule has 1 saturated heterocycles. The molecule has 1 aliphatic rings. The number of piperidine rings is 1. The number of pyridine rings is 2. The number of hydrogen-bond acceptors (Lipinski definition) is 4. The number of amides is 1. The second kappa shape index (κ2) is 8.94. The van der Waals surface area contributed by atoms with Crippen LogP contribution in [0.2, 0.25) is 0 Å². The number of halogens is 1. The minimum Gasteiger partial charge on any atom is -0.337 e. The van der Waals surface area contributed by atoms with E-state index in [4.69, 9.17) is 4.98 Å². The van der Waals surface area contributed by atoms with E-state index < -0.39 is 0 Å². The molecule has 0 spiro atoms. The first-order valence-corrected chi connectivity index (χ1v) is 11.1. The van der Waals surface area contributed by atoms with E-state index >= 15 is 0 Å². The van der Waals surface area contributed by atoms with Crippen LogP contribution in [0.5, 0.6) is 0 Å². The largest absolute Gasteiger partial charge is 0.337 e. The van der Waals surface area contributed by atoms with Crippen LogP contribution in [0.15, 0.2) is 73.1 Å². The molecule has 0 saturated carbocycles. The van der Waals surface area contributed by atoms with Crippen LogP contribution in [-0.2, 0) is 7.05 Å². The average Bonchev–Trinajstić information content (AvgIpc) is 3.30. The van der Waals surface area contributed by atoms with Gasteiger partial charge in [0.25, 0.3) is 5.91 Å². The smallest absolute Gasteiger partial charge is 0.272 e. The lowest BCUT2D eigenvalue weighted by Gasteiger charge is -2.32. The molecular formula is C26H24FN5O. The molecule has 0 radical (unpaired) electrons. The molecule has 0 bridgehead atoms. The summed E-state index contributed by atoms with van der Waals surface area (Å²) in [5, 5.41) is 4.19. The van der Waals surface area contributed by atoms with Crippen molar-refractivity contribution in [2.45, 2.75) is 18.8 Å². The van der Waals surface area contributed by atoms with Crippen molar-refractivity contribution in [1.29, 1.82) is 0 Å². The van der Waals surface area contributed by atoms with Crippen molar-refractivity contribution in [1.82, 2.24) is 24.6 Å². The third-order valence-electron chi connectivity index (χ3n) is 6.02. The van der Waals surface area contributed by atoms with Crippen LogP contribution in [-0.4, -0.2) is 43.6 Å². The van der Waals surface area contributed by atoms with Crippen LogP contribution in [0.4, 0.5) is 4.39 Å². The fourth-order valence-corrected chi connectivity index (χ4v) is 4.33. The summed E-state index contributed by atoms with van der Waals surface area (Å²) in [6, 6.07) is 17.8. The van der Waals surface area contributed by atoms with Gasteiger partial charge in [-0.3, -0.25) is 14.5 Å². The number of aromatic nitrogens is 4. The van der Waals surface area contributed by atoms with E-state index in [0.717, 1.165) is 29.8 Å². The van der Waals surface area contributed by atoms with Crippen LogP contribution in [0.1, 0.15) is 34.9 Å². The van der Waals surface area contributed by atoms with Gasteiger partial charge < -0.3 is 4.90 Å². The Morgan fingerprint density at radius 3 is 2.64 bits per heavy atom. The van der Waals surface area contributed by atoms with E-state index in [-0.39, 0.29) is 17.6 Å². The van der Waals surface area contributed by atoms with E-state index in [2.05, 4.69) is 10.1 Å². The van der Waals surface area contributed by atoms with Crippen molar-refractivity contribution in [3.8, 4) is 22.5 Å². The van der Waals surface area contributed by atoms with Gasteiger partial charge in [-0.25, -0.2) is 9.37 Å². The van der Waals surface area contributed by atoms with Crippen LogP contribution >= 0.6 is 0 Å². The van der Waals surface area contributed by atoms with Gasteiger partial charge in [0.1, 0.15) is 11.5 Å². The van der Waals surface area contributed by atoms with Crippen molar-refractivity contribution in [3.63, 3.8) is 0 Å². The third-order valence-corrected chi connectivity index (χ3v) is 6.02. The molecule has 7 heteroatoms. The van der Waals surface area contributed by atoms with Gasteiger partial charge in [0.15, 0.2) is 0 Å². The van der Waals surface area contributed by atoms with Gasteiger partial charge in [0.2, 0.25) is 0 Å². The first-order chi connectivity index (χ1) is 16.1. The van der Waals surface area contributed by atoms with Crippen molar-refractivity contribution in [3.05, 3.63) is 90.3 Å². The van der Waals surface area contributed by atoms with Gasteiger partial charge in [-0.15, -0.1) is 0 Å². The topological polar surface area (TPSA) is 63.9 Å². The Bertz CT molecular complexity index is 1300. The maximum Gasteiger partial charge on any atom is 0.272 e. The molecule has 4 aromatic rings. The predicted octanol–water partition coefficient (Wildman–Crippen LogP) is 4.70. The SMILES string of the molecule is Cn1cc(-c2cccc(C(=O)N3CCC[C@@H](c4cccc(-c5ccccc5F)n4)C3)n2)cn1. The number of carbonyl (C=O) groups is 1. The first kappa shape index (κ1) is 21.0. The number of carbonyl (C=O) groups excluding carboxylic acids is 1. The zero-order valence-corrected chi connectivity index (χ0v) is 18.4. The lowest BCUT2D eigenvalue weighted by molar-refractivity contribution is 0.0700. The molecule has 5 rings (SSSR count). The maximum atomic E-state index is 14.3. The number of likely N-dealkylation sites (tertiary alicyclic amines) is 1. The minimum atomic E-state index is -0.290. The molecule has 0 aliphatic carbocycles. The molecular weight excluding hydrogens is 417 g/mol. The number of benzene rings is 1. The van der Waals surface area contributed by atoms with Gasteiger partial charge in [0, 0.05) is 49.1 Å². The quantitative estimate of drug-likeness (QED) is 0.460. The van der Waals surface area contributed by atoms with Crippen LogP contribution in [0, 0.1) is 5.82 Å². The van der Waals surface area contributed by atoms with E-state index in [1.165, 1.54) is 6.07 Å². The summed E-state index contributed by atoms with van der Waals surface area (Å²) in [6.07, 6.45) is 5.43. The average molecular weight is 442 g/mol. The predicted molar refractivity (Wildman–Crippen MR) is 124 cm³/mol. The summed E-state index contributed by atoms with van der Waals surface area (Å²) >= 11 is 0. The summed E-state index contributed by atoms with van der Waals surface area (Å²) in [6.45, 7) is 1.24. The van der Waals surface area contributed by atoms with Gasteiger partial charge in [-0.1, -0.05) is 24.3 Å². The van der Waals surface area contributed by atoms with Crippen LogP contribution in [0.25, 0.3) is 22.5 Å². The molecule has 166 valence electrons. The molecule has 1 aromatic carbocycles. The summed E-state index contributed by atoms with van der Waals surface area (Å²) in [4.78, 5) is 24.5. The number of aryl methyl sites for hydroxylation is 1. The zero-order valence-electron chi connectivity index (χ0n) is 18.4. The Labute approximate surface area is 191 Å². The summed E-state index contributed by atoms with van der Waals surface area (Å²) in [5.74, 6) is -0.284. The summed E-state index contributed by atoms with van der Waals surface area (Å²) in [5.41, 5.74) is 3.99. The van der Waals surface area contributed by atoms with E-state index in [1.807, 2.05) is 48.5 Å². The maximum absolute atomic E-state index is 14.3. The standard InChI is InChI=1S/C26H24FN5O/c1-31-16-19(15-28-31)23-11-5-13-25(30-23)26(33)32-14-6-7-18(17-32)22-10-4-12-24(29-22)20-8-2-3-9-21(20)27/h2-5,8-13,15-16,18H,6-7,14,17H2,1H3/t18-/m1/s1. The highest BCUT2D eigenvalue weighted by molar-refractivity contribution is 5.93. The van der Waals surface area contributed by atoms with Gasteiger partial charge in [0.05, 0.1) is 17.6 Å². The molecule has 0 unspecified atom stereocenters. The molecule has 6 nitrogen and oxygen atoms in total. The Kier molecular flexibility index (Phi) is 5.69. The molecule has 1 fully saturated rings. The zero-order chi connectivity index (χ0) is 22.8. The highest BCUT2D eigenvalue weighted by Gasteiger charge is 2.27. The number of nitrogens with zero attached hydrogens (tertiary/aromatic N) is 5. The Morgan fingerprint density at radius 2 is 1.82 bits per heavy atom. The first-order valence-electron chi connectivity index (χ1n) is 11.1. The molecule has 0 N–H and O–H groups in total. The monoisotopic (exact) mass is 441 g/mol. The van der Waals surface area contributed by atoms with Gasteiger partial charge in [-0.2, -0.15) is 5.10 Å². The van der Waals surface area contributed by atoms with Crippen molar-refractivity contribution >= 4 is 5.91 Å². The fourth-order valence-electron chi connectivity index (χ4n) is 4.33.